The summed E-state index contributed by atoms with van der Waals surface area (Å²) in [5.74, 6) is 0.245. The van der Waals surface area contributed by atoms with Gasteiger partial charge in [-0.3, -0.25) is 4.79 Å². The average molecular weight is 227 g/mol. The largest absolute Gasteiger partial charge is 0.350 e. The summed E-state index contributed by atoms with van der Waals surface area (Å²) < 4.78 is 0. The van der Waals surface area contributed by atoms with E-state index in [1.54, 1.807) is 0 Å². The lowest BCUT2D eigenvalue weighted by atomic mass is 9.71. The quantitative estimate of drug-likeness (QED) is 0.635. The zero-order chi connectivity index (χ0) is 12.3. The van der Waals surface area contributed by atoms with Crippen LogP contribution in [0.1, 0.15) is 31.1 Å². The molecule has 1 atom stereocenters. The number of para-hydroxylation sites is 1. The second-order valence-electron chi connectivity index (χ2n) is 5.88. The Morgan fingerprint density at radius 1 is 1.24 bits per heavy atom. The van der Waals surface area contributed by atoms with Gasteiger partial charge >= 0.3 is 0 Å². The van der Waals surface area contributed by atoms with Crippen molar-refractivity contribution in [3.63, 3.8) is 0 Å². The summed E-state index contributed by atoms with van der Waals surface area (Å²) in [6, 6.07) is 7.94. The van der Waals surface area contributed by atoms with Gasteiger partial charge in [0.05, 0.1) is 0 Å². The molecule has 3 rings (SSSR count). The Labute approximate surface area is 102 Å². The third-order valence-electron chi connectivity index (χ3n) is 4.00. The molecule has 0 fully saturated rings. The summed E-state index contributed by atoms with van der Waals surface area (Å²) in [6.45, 7) is 7.25. The average Bonchev–Trinajstić information content (AvgIpc) is 2.80. The molecule has 0 amide bonds. The number of nitrogens with zero attached hydrogens (tertiary/aromatic N) is 1. The maximum Gasteiger partial charge on any atom is 0.194 e. The SMILES string of the molecule is CC(C)(C)C12C=CCN1c1ccccc1C2=O. The molecule has 0 radical (unpaired) electrons. The first-order valence-corrected chi connectivity index (χ1v) is 6.08. The van der Waals surface area contributed by atoms with E-state index in [1.807, 2.05) is 24.3 Å². The number of carbonyl (C=O) groups is 1. The van der Waals surface area contributed by atoms with Crippen molar-refractivity contribution in [1.82, 2.24) is 0 Å². The number of ketones is 1. The molecule has 2 aliphatic heterocycles. The highest BCUT2D eigenvalue weighted by Crippen LogP contribution is 2.50. The van der Waals surface area contributed by atoms with Crippen LogP contribution in [0.25, 0.3) is 0 Å². The van der Waals surface area contributed by atoms with Gasteiger partial charge in [-0.2, -0.15) is 0 Å². The maximum absolute atomic E-state index is 12.8. The molecule has 0 saturated heterocycles. The first-order chi connectivity index (χ1) is 7.98. The van der Waals surface area contributed by atoms with Crippen LogP contribution in [0.3, 0.4) is 0 Å². The van der Waals surface area contributed by atoms with Gasteiger partial charge < -0.3 is 4.90 Å². The molecular formula is C15H17NO. The van der Waals surface area contributed by atoms with Crippen LogP contribution in [0.2, 0.25) is 0 Å². The second-order valence-corrected chi connectivity index (χ2v) is 5.88. The molecule has 0 N–H and O–H groups in total. The zero-order valence-electron chi connectivity index (χ0n) is 10.5. The van der Waals surface area contributed by atoms with Gasteiger partial charge in [0.2, 0.25) is 0 Å². The van der Waals surface area contributed by atoms with Crippen molar-refractivity contribution < 1.29 is 4.79 Å². The van der Waals surface area contributed by atoms with E-state index < -0.39 is 5.54 Å². The van der Waals surface area contributed by atoms with Crippen LogP contribution in [0, 0.1) is 5.41 Å². The second kappa shape index (κ2) is 3.00. The van der Waals surface area contributed by atoms with Gasteiger partial charge in [-0.25, -0.2) is 0 Å². The minimum Gasteiger partial charge on any atom is -0.350 e. The third-order valence-corrected chi connectivity index (χ3v) is 4.00. The highest BCUT2D eigenvalue weighted by atomic mass is 16.1. The molecule has 2 aliphatic rings. The van der Waals surface area contributed by atoms with Gasteiger partial charge in [-0.05, 0) is 17.5 Å². The molecule has 1 unspecified atom stereocenters. The summed E-state index contributed by atoms with van der Waals surface area (Å²) in [5.41, 5.74) is 1.37. The Hall–Kier alpha value is -1.57. The lowest BCUT2D eigenvalue weighted by Crippen LogP contribution is -2.55. The Morgan fingerprint density at radius 3 is 2.65 bits per heavy atom. The van der Waals surface area contributed by atoms with Crippen LogP contribution >= 0.6 is 0 Å². The van der Waals surface area contributed by atoms with Crippen LogP contribution in [-0.2, 0) is 0 Å². The van der Waals surface area contributed by atoms with Crippen molar-refractivity contribution in [2.24, 2.45) is 5.41 Å². The highest BCUT2D eigenvalue weighted by molar-refractivity contribution is 6.16. The van der Waals surface area contributed by atoms with E-state index in [4.69, 9.17) is 0 Å². The Balaban J connectivity index is 2.26. The molecule has 0 bridgehead atoms. The van der Waals surface area contributed by atoms with Gasteiger partial charge in [-0.15, -0.1) is 0 Å². The fourth-order valence-electron chi connectivity index (χ4n) is 3.15. The smallest absolute Gasteiger partial charge is 0.194 e. The standard InChI is InChI=1S/C15H17NO/c1-14(2,3)15-9-6-10-16(15)12-8-5-4-7-11(12)13(15)17/h4-9H,10H2,1-3H3. The van der Waals surface area contributed by atoms with E-state index in [2.05, 4.69) is 37.8 Å². The molecule has 0 aromatic heterocycles. The molecule has 0 spiro atoms. The van der Waals surface area contributed by atoms with Gasteiger partial charge in [0.25, 0.3) is 0 Å². The predicted octanol–water partition coefficient (Wildman–Crippen LogP) is 3.04. The first kappa shape index (κ1) is 10.6. The minimum absolute atomic E-state index is 0.101. The topological polar surface area (TPSA) is 20.3 Å². The first-order valence-electron chi connectivity index (χ1n) is 6.08. The number of rotatable bonds is 0. The van der Waals surface area contributed by atoms with E-state index in [-0.39, 0.29) is 11.2 Å². The van der Waals surface area contributed by atoms with Crippen LogP contribution < -0.4 is 4.90 Å². The zero-order valence-corrected chi connectivity index (χ0v) is 10.5. The van der Waals surface area contributed by atoms with Crippen LogP contribution in [0.5, 0.6) is 0 Å². The lowest BCUT2D eigenvalue weighted by Gasteiger charge is -2.42. The number of Topliss-reactive ketones (excluding diaryl/α,β-unsaturated/α-hetero) is 1. The van der Waals surface area contributed by atoms with Crippen LogP contribution in [0.4, 0.5) is 5.69 Å². The molecule has 0 saturated carbocycles. The van der Waals surface area contributed by atoms with Gasteiger partial charge in [-0.1, -0.05) is 45.1 Å². The number of benzene rings is 1. The third kappa shape index (κ3) is 1.08. The molecule has 1 aromatic carbocycles. The maximum atomic E-state index is 12.8. The summed E-state index contributed by atoms with van der Waals surface area (Å²) in [7, 11) is 0. The van der Waals surface area contributed by atoms with Crippen molar-refractivity contribution in [3.8, 4) is 0 Å². The monoisotopic (exact) mass is 227 g/mol. The van der Waals surface area contributed by atoms with Gasteiger partial charge in [0, 0.05) is 17.8 Å². The van der Waals surface area contributed by atoms with Crippen molar-refractivity contribution >= 4 is 11.5 Å². The van der Waals surface area contributed by atoms with Crippen LogP contribution in [-0.4, -0.2) is 17.9 Å². The van der Waals surface area contributed by atoms with Crippen molar-refractivity contribution in [2.75, 3.05) is 11.4 Å². The summed E-state index contributed by atoms with van der Waals surface area (Å²) in [4.78, 5) is 15.0. The number of hydrogen-bond donors (Lipinski definition) is 0. The van der Waals surface area contributed by atoms with Crippen LogP contribution in [0.15, 0.2) is 36.4 Å². The van der Waals surface area contributed by atoms with E-state index in [9.17, 15) is 4.79 Å². The number of anilines is 1. The molecule has 2 heteroatoms. The fraction of sp³-hybridized carbons (Fsp3) is 0.400. The molecule has 1 aromatic rings. The molecule has 2 heterocycles. The van der Waals surface area contributed by atoms with Crippen molar-refractivity contribution in [2.45, 2.75) is 26.3 Å². The van der Waals surface area contributed by atoms with Crippen molar-refractivity contribution in [1.29, 1.82) is 0 Å². The van der Waals surface area contributed by atoms with E-state index in [0.29, 0.717) is 0 Å². The fourth-order valence-corrected chi connectivity index (χ4v) is 3.15. The molecule has 2 nitrogen and oxygen atoms in total. The molecular weight excluding hydrogens is 210 g/mol. The molecule has 17 heavy (non-hydrogen) atoms. The highest BCUT2D eigenvalue weighted by Gasteiger charge is 2.57. The van der Waals surface area contributed by atoms with E-state index in [1.165, 1.54) is 0 Å². The summed E-state index contributed by atoms with van der Waals surface area (Å²) >= 11 is 0. The summed E-state index contributed by atoms with van der Waals surface area (Å²) in [6.07, 6.45) is 4.20. The Kier molecular flexibility index (Phi) is 1.87. The minimum atomic E-state index is -0.476. The van der Waals surface area contributed by atoms with Crippen molar-refractivity contribution in [3.05, 3.63) is 42.0 Å². The molecule has 0 aliphatic carbocycles. The number of hydrogen-bond acceptors (Lipinski definition) is 2. The lowest BCUT2D eigenvalue weighted by molar-refractivity contribution is 0.0843. The van der Waals surface area contributed by atoms with Gasteiger partial charge in [0.1, 0.15) is 5.54 Å². The normalized spacial score (nSPS) is 26.3. The molecule has 88 valence electrons. The summed E-state index contributed by atoms with van der Waals surface area (Å²) in [5, 5.41) is 0. The predicted molar refractivity (Wildman–Crippen MR) is 69.4 cm³/mol. The Morgan fingerprint density at radius 2 is 1.94 bits per heavy atom. The Bertz CT molecular complexity index is 524. The number of fused-ring (bicyclic) bond motifs is 3. The van der Waals surface area contributed by atoms with E-state index >= 15 is 0 Å². The number of carbonyl (C=O) groups excluding carboxylic acids is 1. The van der Waals surface area contributed by atoms with Gasteiger partial charge in [0.15, 0.2) is 5.78 Å². The van der Waals surface area contributed by atoms with E-state index in [0.717, 1.165) is 17.8 Å².